The van der Waals surface area contributed by atoms with Crippen molar-refractivity contribution in [1.29, 1.82) is 0 Å². The molecule has 0 atom stereocenters. The van der Waals surface area contributed by atoms with Crippen LogP contribution in [0.3, 0.4) is 0 Å². The standard InChI is InChI=1S/C9H13F3/c1-3-5-7-8(6-4-2)9(10,11)12/h5-7H,3-4H2,1-2H3/b7-5-,8-6+. The van der Waals surface area contributed by atoms with Gasteiger partial charge in [0, 0.05) is 0 Å². The maximum Gasteiger partial charge on any atom is 0.416 e. The number of allylic oxidation sites excluding steroid dienone is 4. The molecule has 0 bridgehead atoms. The minimum Gasteiger partial charge on any atom is -0.166 e. The molecule has 0 saturated heterocycles. The Hall–Kier alpha value is -0.730. The van der Waals surface area contributed by atoms with Gasteiger partial charge in [0.2, 0.25) is 0 Å². The maximum atomic E-state index is 12.1. The predicted molar refractivity (Wildman–Crippen MR) is 43.9 cm³/mol. The molecule has 0 aliphatic rings. The lowest BCUT2D eigenvalue weighted by molar-refractivity contribution is -0.0884. The fourth-order valence-corrected chi connectivity index (χ4v) is 0.743. The zero-order valence-electron chi connectivity index (χ0n) is 7.28. The third-order valence-corrected chi connectivity index (χ3v) is 1.28. The zero-order chi connectivity index (χ0) is 9.61. The van der Waals surface area contributed by atoms with Gasteiger partial charge >= 0.3 is 6.18 Å². The van der Waals surface area contributed by atoms with Gasteiger partial charge in [0.15, 0.2) is 0 Å². The molecule has 0 nitrogen and oxygen atoms in total. The molecule has 0 aromatic rings. The second-order valence-electron chi connectivity index (χ2n) is 2.38. The summed E-state index contributed by atoms with van der Waals surface area (Å²) in [6, 6.07) is 0. The molecular weight excluding hydrogens is 165 g/mol. The highest BCUT2D eigenvalue weighted by atomic mass is 19.4. The van der Waals surface area contributed by atoms with Crippen molar-refractivity contribution >= 4 is 0 Å². The molecule has 0 amide bonds. The van der Waals surface area contributed by atoms with Crippen molar-refractivity contribution in [2.75, 3.05) is 0 Å². The molecule has 12 heavy (non-hydrogen) atoms. The molecule has 3 heteroatoms. The highest BCUT2D eigenvalue weighted by molar-refractivity contribution is 5.23. The van der Waals surface area contributed by atoms with Crippen LogP contribution < -0.4 is 0 Å². The van der Waals surface area contributed by atoms with Crippen molar-refractivity contribution in [2.45, 2.75) is 32.9 Å². The van der Waals surface area contributed by atoms with E-state index in [0.29, 0.717) is 12.8 Å². The molecule has 0 radical (unpaired) electrons. The maximum absolute atomic E-state index is 12.1. The molecule has 0 aliphatic heterocycles. The van der Waals surface area contributed by atoms with Crippen LogP contribution in [0, 0.1) is 0 Å². The third kappa shape index (κ3) is 4.21. The number of rotatable bonds is 3. The second kappa shape index (κ2) is 5.01. The Morgan fingerprint density at radius 1 is 1.17 bits per heavy atom. The summed E-state index contributed by atoms with van der Waals surface area (Å²) in [5.41, 5.74) is -0.549. The molecule has 0 rings (SSSR count). The average Bonchev–Trinajstić information content (AvgIpc) is 1.95. The van der Waals surface area contributed by atoms with Crippen LogP contribution >= 0.6 is 0 Å². The summed E-state index contributed by atoms with van der Waals surface area (Å²) in [6.07, 6.45) is 0.645. The summed E-state index contributed by atoms with van der Waals surface area (Å²) in [4.78, 5) is 0. The van der Waals surface area contributed by atoms with Crippen LogP contribution in [0.15, 0.2) is 23.8 Å². The smallest absolute Gasteiger partial charge is 0.166 e. The van der Waals surface area contributed by atoms with Gasteiger partial charge in [-0.15, -0.1) is 0 Å². The van der Waals surface area contributed by atoms with Crippen molar-refractivity contribution in [3.63, 3.8) is 0 Å². The molecule has 0 heterocycles. The topological polar surface area (TPSA) is 0 Å². The van der Waals surface area contributed by atoms with Crippen LogP contribution in [0.25, 0.3) is 0 Å². The van der Waals surface area contributed by atoms with Crippen molar-refractivity contribution < 1.29 is 13.2 Å². The van der Waals surface area contributed by atoms with Gasteiger partial charge in [-0.3, -0.25) is 0 Å². The lowest BCUT2D eigenvalue weighted by Gasteiger charge is -2.06. The Kier molecular flexibility index (Phi) is 4.71. The summed E-state index contributed by atoms with van der Waals surface area (Å²) in [7, 11) is 0. The van der Waals surface area contributed by atoms with E-state index in [2.05, 4.69) is 0 Å². The summed E-state index contributed by atoms with van der Waals surface area (Å²) < 4.78 is 36.3. The Morgan fingerprint density at radius 2 is 1.75 bits per heavy atom. The van der Waals surface area contributed by atoms with Crippen LogP contribution in [0.2, 0.25) is 0 Å². The van der Waals surface area contributed by atoms with Gasteiger partial charge in [-0.2, -0.15) is 13.2 Å². The Balaban J connectivity index is 4.46. The van der Waals surface area contributed by atoms with Crippen LogP contribution in [-0.2, 0) is 0 Å². The molecule has 0 fully saturated rings. The van der Waals surface area contributed by atoms with E-state index in [0.717, 1.165) is 6.08 Å². The minimum absolute atomic E-state index is 0.406. The molecule has 70 valence electrons. The van der Waals surface area contributed by atoms with E-state index < -0.39 is 11.7 Å². The van der Waals surface area contributed by atoms with Gasteiger partial charge in [0.25, 0.3) is 0 Å². The van der Waals surface area contributed by atoms with E-state index in [-0.39, 0.29) is 0 Å². The van der Waals surface area contributed by atoms with Crippen LogP contribution in [-0.4, -0.2) is 6.18 Å². The Morgan fingerprint density at radius 3 is 2.08 bits per heavy atom. The molecule has 0 aliphatic carbocycles. The first kappa shape index (κ1) is 11.3. The van der Waals surface area contributed by atoms with E-state index in [1.807, 2.05) is 0 Å². The van der Waals surface area contributed by atoms with Crippen molar-refractivity contribution in [1.82, 2.24) is 0 Å². The average molecular weight is 178 g/mol. The molecule has 0 aromatic heterocycles. The lowest BCUT2D eigenvalue weighted by Crippen LogP contribution is -2.09. The van der Waals surface area contributed by atoms with Crippen molar-refractivity contribution in [3.8, 4) is 0 Å². The first-order valence-electron chi connectivity index (χ1n) is 3.96. The van der Waals surface area contributed by atoms with Crippen LogP contribution in [0.4, 0.5) is 13.2 Å². The minimum atomic E-state index is -4.21. The van der Waals surface area contributed by atoms with Crippen molar-refractivity contribution in [3.05, 3.63) is 23.8 Å². The molecule has 0 spiro atoms. The lowest BCUT2D eigenvalue weighted by atomic mass is 10.2. The Bertz CT molecular complexity index is 175. The first-order valence-corrected chi connectivity index (χ1v) is 3.96. The summed E-state index contributed by atoms with van der Waals surface area (Å²) >= 11 is 0. The van der Waals surface area contributed by atoms with E-state index in [4.69, 9.17) is 0 Å². The highest BCUT2D eigenvalue weighted by Crippen LogP contribution is 2.26. The SMILES string of the molecule is CC/C=C\C(=C/CC)C(F)(F)F. The van der Waals surface area contributed by atoms with Crippen molar-refractivity contribution in [2.24, 2.45) is 0 Å². The van der Waals surface area contributed by atoms with Crippen LogP contribution in [0.5, 0.6) is 0 Å². The summed E-state index contributed by atoms with van der Waals surface area (Å²) in [6.45, 7) is 3.49. The summed E-state index contributed by atoms with van der Waals surface area (Å²) in [5.74, 6) is 0. The highest BCUT2D eigenvalue weighted by Gasteiger charge is 2.30. The number of hydrogen-bond donors (Lipinski definition) is 0. The van der Waals surface area contributed by atoms with Gasteiger partial charge in [0.05, 0.1) is 5.57 Å². The largest absolute Gasteiger partial charge is 0.416 e. The van der Waals surface area contributed by atoms with Crippen LogP contribution in [0.1, 0.15) is 26.7 Å². The zero-order valence-corrected chi connectivity index (χ0v) is 7.28. The normalized spacial score (nSPS) is 14.2. The number of halogens is 3. The monoisotopic (exact) mass is 178 g/mol. The molecular formula is C9H13F3. The Labute approximate surface area is 70.8 Å². The fourth-order valence-electron chi connectivity index (χ4n) is 0.743. The van der Waals surface area contributed by atoms with Gasteiger partial charge in [-0.25, -0.2) is 0 Å². The van der Waals surface area contributed by atoms with Gasteiger partial charge in [-0.1, -0.05) is 32.1 Å². The van der Waals surface area contributed by atoms with E-state index in [1.54, 1.807) is 13.8 Å². The second-order valence-corrected chi connectivity index (χ2v) is 2.38. The van der Waals surface area contributed by atoms with E-state index in [1.165, 1.54) is 12.2 Å². The van der Waals surface area contributed by atoms with E-state index >= 15 is 0 Å². The van der Waals surface area contributed by atoms with Gasteiger partial charge in [-0.05, 0) is 12.8 Å². The van der Waals surface area contributed by atoms with Gasteiger partial charge in [0.1, 0.15) is 0 Å². The molecule has 0 N–H and O–H groups in total. The molecule has 0 unspecified atom stereocenters. The fraction of sp³-hybridized carbons (Fsp3) is 0.556. The molecule has 0 aromatic carbocycles. The predicted octanol–water partition coefficient (Wildman–Crippen LogP) is 3.85. The first-order chi connectivity index (χ1) is 5.52. The quantitative estimate of drug-likeness (QED) is 0.576. The third-order valence-electron chi connectivity index (χ3n) is 1.28. The molecule has 0 saturated carbocycles. The van der Waals surface area contributed by atoms with E-state index in [9.17, 15) is 13.2 Å². The summed E-state index contributed by atoms with van der Waals surface area (Å²) in [5, 5.41) is 0. The number of hydrogen-bond acceptors (Lipinski definition) is 0. The van der Waals surface area contributed by atoms with Gasteiger partial charge < -0.3 is 0 Å². The number of alkyl halides is 3.